The van der Waals surface area contributed by atoms with E-state index >= 15 is 0 Å². The van der Waals surface area contributed by atoms with E-state index in [0.717, 1.165) is 37.6 Å². The summed E-state index contributed by atoms with van der Waals surface area (Å²) in [5.41, 5.74) is -0.133. The maximum atomic E-state index is 13.1. The molecule has 1 aliphatic heterocycles. The number of halogens is 3. The number of anilines is 2. The van der Waals surface area contributed by atoms with Gasteiger partial charge in [-0.25, -0.2) is 4.98 Å². The van der Waals surface area contributed by atoms with Crippen molar-refractivity contribution in [2.75, 3.05) is 16.8 Å². The van der Waals surface area contributed by atoms with Crippen LogP contribution in [0.2, 0.25) is 0 Å². The van der Waals surface area contributed by atoms with Gasteiger partial charge in [-0.1, -0.05) is 19.1 Å². The Morgan fingerprint density at radius 3 is 2.67 bits per heavy atom. The van der Waals surface area contributed by atoms with Crippen molar-refractivity contribution < 1.29 is 18.0 Å². The number of hydrogen-bond donors (Lipinski definition) is 1. The zero-order valence-corrected chi connectivity index (χ0v) is 15.1. The Morgan fingerprint density at radius 1 is 1.22 bits per heavy atom. The van der Waals surface area contributed by atoms with E-state index in [4.69, 9.17) is 0 Å². The van der Waals surface area contributed by atoms with Crippen molar-refractivity contribution in [2.45, 2.75) is 44.8 Å². The molecule has 1 saturated heterocycles. The Kier molecular flexibility index (Phi) is 5.68. The second-order valence-corrected chi connectivity index (χ2v) is 6.65. The Morgan fingerprint density at radius 2 is 2.00 bits per heavy atom. The van der Waals surface area contributed by atoms with Crippen LogP contribution in [-0.4, -0.2) is 23.5 Å². The number of nitrogens with one attached hydrogen (secondary N) is 1. The van der Waals surface area contributed by atoms with Gasteiger partial charge in [0.25, 0.3) is 5.91 Å². The lowest BCUT2D eigenvalue weighted by atomic mass is 9.99. The van der Waals surface area contributed by atoms with Gasteiger partial charge in [-0.3, -0.25) is 4.79 Å². The first-order valence-corrected chi connectivity index (χ1v) is 9.10. The largest absolute Gasteiger partial charge is 0.418 e. The molecular weight excluding hydrogens is 355 g/mol. The van der Waals surface area contributed by atoms with Gasteiger partial charge in [-0.2, -0.15) is 13.2 Å². The molecule has 1 N–H and O–H groups in total. The van der Waals surface area contributed by atoms with E-state index in [2.05, 4.69) is 22.1 Å². The van der Waals surface area contributed by atoms with Gasteiger partial charge < -0.3 is 10.2 Å². The zero-order valence-electron chi connectivity index (χ0n) is 15.1. The summed E-state index contributed by atoms with van der Waals surface area (Å²) >= 11 is 0. The number of piperidine rings is 1. The number of para-hydroxylation sites is 1. The minimum Gasteiger partial charge on any atom is -0.367 e. The average molecular weight is 377 g/mol. The molecule has 0 radical (unpaired) electrons. The number of amides is 1. The summed E-state index contributed by atoms with van der Waals surface area (Å²) in [6.07, 6.45) is 1.58. The summed E-state index contributed by atoms with van der Waals surface area (Å²) < 4.78 is 39.2. The monoisotopic (exact) mass is 377 g/mol. The van der Waals surface area contributed by atoms with Crippen molar-refractivity contribution in [3.63, 3.8) is 0 Å². The van der Waals surface area contributed by atoms with Crippen molar-refractivity contribution in [3.8, 4) is 0 Å². The lowest BCUT2D eigenvalue weighted by molar-refractivity contribution is -0.136. The Bertz CT molecular complexity index is 790. The summed E-state index contributed by atoms with van der Waals surface area (Å²) in [5.74, 6) is -0.663. The summed E-state index contributed by atoms with van der Waals surface area (Å²) in [6.45, 7) is 3.10. The van der Waals surface area contributed by atoms with Gasteiger partial charge in [0.2, 0.25) is 0 Å². The van der Waals surface area contributed by atoms with Gasteiger partial charge in [-0.15, -0.1) is 0 Å². The van der Waals surface area contributed by atoms with Gasteiger partial charge in [0, 0.05) is 12.6 Å². The van der Waals surface area contributed by atoms with Crippen molar-refractivity contribution in [3.05, 3.63) is 53.9 Å². The average Bonchev–Trinajstić information content (AvgIpc) is 2.67. The minimum absolute atomic E-state index is 0.0841. The highest BCUT2D eigenvalue weighted by molar-refractivity contribution is 6.03. The van der Waals surface area contributed by atoms with Crippen molar-refractivity contribution in [2.24, 2.45) is 0 Å². The first-order valence-electron chi connectivity index (χ1n) is 9.10. The fourth-order valence-electron chi connectivity index (χ4n) is 3.48. The highest BCUT2D eigenvalue weighted by atomic mass is 19.4. The molecule has 3 rings (SSSR count). The van der Waals surface area contributed by atoms with E-state index in [1.807, 2.05) is 6.07 Å². The molecule has 0 saturated carbocycles. The number of nitrogens with zero attached hydrogens (tertiary/aromatic N) is 2. The Balaban J connectivity index is 1.75. The van der Waals surface area contributed by atoms with Crippen LogP contribution in [0.5, 0.6) is 0 Å². The highest BCUT2D eigenvalue weighted by Crippen LogP contribution is 2.34. The first-order chi connectivity index (χ1) is 12.9. The van der Waals surface area contributed by atoms with Gasteiger partial charge >= 0.3 is 6.18 Å². The number of carbonyl (C=O) groups is 1. The van der Waals surface area contributed by atoms with Crippen LogP contribution < -0.4 is 10.2 Å². The van der Waals surface area contributed by atoms with Crippen LogP contribution in [0.25, 0.3) is 0 Å². The van der Waals surface area contributed by atoms with Gasteiger partial charge in [-0.05, 0) is 49.9 Å². The van der Waals surface area contributed by atoms with Crippen LogP contribution in [0, 0.1) is 0 Å². The molecule has 0 aliphatic carbocycles. The molecule has 1 fully saturated rings. The number of aromatic nitrogens is 1. The molecule has 1 aromatic carbocycles. The number of alkyl halides is 3. The molecule has 1 amide bonds. The van der Waals surface area contributed by atoms with E-state index in [1.165, 1.54) is 24.6 Å². The fourth-order valence-corrected chi connectivity index (χ4v) is 3.48. The number of pyridine rings is 1. The van der Waals surface area contributed by atoms with E-state index in [-0.39, 0.29) is 11.4 Å². The predicted molar refractivity (Wildman–Crippen MR) is 98.9 cm³/mol. The maximum Gasteiger partial charge on any atom is 0.418 e. The van der Waals surface area contributed by atoms with E-state index in [1.54, 1.807) is 12.3 Å². The van der Waals surface area contributed by atoms with Crippen molar-refractivity contribution in [1.82, 2.24) is 4.98 Å². The molecule has 0 spiro atoms. The van der Waals surface area contributed by atoms with Crippen LogP contribution in [0.4, 0.5) is 24.5 Å². The number of benzene rings is 1. The van der Waals surface area contributed by atoms with Crippen molar-refractivity contribution in [1.29, 1.82) is 0 Å². The normalized spacial score (nSPS) is 17.6. The summed E-state index contributed by atoms with van der Waals surface area (Å²) in [6, 6.07) is 8.73. The molecule has 27 heavy (non-hydrogen) atoms. The molecule has 144 valence electrons. The smallest absolute Gasteiger partial charge is 0.367 e. The minimum atomic E-state index is -4.54. The topological polar surface area (TPSA) is 45.2 Å². The van der Waals surface area contributed by atoms with Crippen LogP contribution in [-0.2, 0) is 6.18 Å². The zero-order chi connectivity index (χ0) is 19.4. The molecule has 1 aliphatic rings. The molecule has 7 heteroatoms. The maximum absolute atomic E-state index is 13.1. The van der Waals surface area contributed by atoms with Gasteiger partial charge in [0.15, 0.2) is 0 Å². The van der Waals surface area contributed by atoms with Crippen LogP contribution in [0.3, 0.4) is 0 Å². The second kappa shape index (κ2) is 7.98. The summed E-state index contributed by atoms with van der Waals surface area (Å²) in [7, 11) is 0. The third kappa shape index (κ3) is 4.40. The van der Waals surface area contributed by atoms with E-state index < -0.39 is 17.6 Å². The predicted octanol–water partition coefficient (Wildman–Crippen LogP) is 5.12. The number of carbonyl (C=O) groups excluding carboxylic acids is 1. The number of rotatable bonds is 4. The standard InChI is InChI=1S/C20H22F3N3O/c1-2-14-7-5-6-12-26(14)15-10-11-18(24-13-15)19(27)25-17-9-4-3-8-16(17)20(21,22)23/h3-4,8-11,13-14H,2,5-7,12H2,1H3,(H,25,27). The molecule has 1 aromatic heterocycles. The Labute approximate surface area is 156 Å². The van der Waals surface area contributed by atoms with Crippen LogP contribution in [0.1, 0.15) is 48.7 Å². The molecule has 1 atom stereocenters. The third-order valence-corrected chi connectivity index (χ3v) is 4.89. The summed E-state index contributed by atoms with van der Waals surface area (Å²) in [4.78, 5) is 18.8. The number of hydrogen-bond acceptors (Lipinski definition) is 3. The lowest BCUT2D eigenvalue weighted by Gasteiger charge is -2.37. The molecule has 4 nitrogen and oxygen atoms in total. The van der Waals surface area contributed by atoms with E-state index in [9.17, 15) is 18.0 Å². The van der Waals surface area contributed by atoms with Crippen LogP contribution in [0.15, 0.2) is 42.6 Å². The van der Waals surface area contributed by atoms with Crippen LogP contribution >= 0.6 is 0 Å². The quantitative estimate of drug-likeness (QED) is 0.804. The fraction of sp³-hybridized carbons (Fsp3) is 0.400. The molecule has 1 unspecified atom stereocenters. The second-order valence-electron chi connectivity index (χ2n) is 6.65. The lowest BCUT2D eigenvalue weighted by Crippen LogP contribution is -2.39. The Hall–Kier alpha value is -2.57. The first kappa shape index (κ1) is 19.2. The van der Waals surface area contributed by atoms with Gasteiger partial charge in [0.05, 0.1) is 23.1 Å². The molecule has 0 bridgehead atoms. The third-order valence-electron chi connectivity index (χ3n) is 4.89. The SMILES string of the molecule is CCC1CCCCN1c1ccc(C(=O)Nc2ccccc2C(F)(F)F)nc1. The molecule has 2 aromatic rings. The van der Waals surface area contributed by atoms with E-state index in [0.29, 0.717) is 6.04 Å². The molecular formula is C20H22F3N3O. The summed E-state index contributed by atoms with van der Waals surface area (Å²) in [5, 5.41) is 2.32. The van der Waals surface area contributed by atoms with Gasteiger partial charge in [0.1, 0.15) is 5.69 Å². The molecule has 2 heterocycles. The highest BCUT2D eigenvalue weighted by Gasteiger charge is 2.33. The van der Waals surface area contributed by atoms with Crippen molar-refractivity contribution >= 4 is 17.3 Å².